The Morgan fingerprint density at radius 2 is 2.05 bits per heavy atom. The van der Waals surface area contributed by atoms with Gasteiger partial charge in [-0.15, -0.1) is 0 Å². The average molecular weight is 278 g/mol. The van der Waals surface area contributed by atoms with E-state index in [1.54, 1.807) is 18.2 Å². The molecule has 1 aromatic heterocycles. The fraction of sp³-hybridized carbons (Fsp3) is 0.333. The fourth-order valence-electron chi connectivity index (χ4n) is 1.87. The Hall–Kier alpha value is -2.17. The number of phenols is 1. The number of benzene rings is 1. The molecule has 108 valence electrons. The van der Waals surface area contributed by atoms with Crippen LogP contribution in [0.2, 0.25) is 0 Å². The van der Waals surface area contributed by atoms with E-state index in [0.29, 0.717) is 31.5 Å². The normalized spacial score (nSPS) is 9.80. The van der Waals surface area contributed by atoms with Crippen molar-refractivity contribution in [2.24, 2.45) is 0 Å². The zero-order valence-electron chi connectivity index (χ0n) is 11.9. The van der Waals surface area contributed by atoms with Crippen LogP contribution >= 0.6 is 0 Å². The maximum Gasteiger partial charge on any atom is 0.276 e. The summed E-state index contributed by atoms with van der Waals surface area (Å²) in [7, 11) is 0.500. The van der Waals surface area contributed by atoms with Crippen molar-refractivity contribution in [3.05, 3.63) is 57.8 Å². The maximum atomic E-state index is 11.6. The van der Waals surface area contributed by atoms with Crippen LogP contribution in [0, 0.1) is 6.92 Å². The molecule has 1 N–H and O–H groups in total. The molecule has 0 aliphatic rings. The van der Waals surface area contributed by atoms with E-state index in [0.717, 1.165) is 5.56 Å². The van der Waals surface area contributed by atoms with Gasteiger partial charge in [0.1, 0.15) is 11.6 Å². The molecule has 20 heavy (non-hydrogen) atoms. The molecule has 0 fully saturated rings. The van der Waals surface area contributed by atoms with Crippen molar-refractivity contribution in [3.8, 4) is 5.75 Å². The number of aromatic hydroxyl groups is 1. The number of hydrogen-bond acceptors (Lipinski definition) is 3. The molecule has 1 heterocycles. The van der Waals surface area contributed by atoms with Crippen LogP contribution in [0.1, 0.15) is 23.9 Å². The number of phenolic OH excluding ortho intramolecular Hbond substituents is 1. The van der Waals surface area contributed by atoms with Gasteiger partial charge in [0.25, 0.3) is 5.56 Å². The summed E-state index contributed by atoms with van der Waals surface area (Å²) in [5.74, 6) is 0.926. The number of hydrogen-bond donors (Lipinski definition) is 1. The van der Waals surface area contributed by atoms with Crippen LogP contribution in [0.4, 0.5) is 4.39 Å². The highest BCUT2D eigenvalue weighted by Crippen LogP contribution is 2.12. The molecule has 0 amide bonds. The SMILES string of the molecule is CCc1cn(Cc2cccc(O)c2)c(C)nc1=O.CF. The van der Waals surface area contributed by atoms with Crippen LogP contribution in [0.3, 0.4) is 0 Å². The van der Waals surface area contributed by atoms with Crippen molar-refractivity contribution in [3.63, 3.8) is 0 Å². The molecule has 0 unspecified atom stereocenters. The minimum Gasteiger partial charge on any atom is -0.508 e. The second-order valence-electron chi connectivity index (χ2n) is 4.27. The predicted octanol–water partition coefficient (Wildman–Crippen LogP) is 2.45. The molecule has 2 rings (SSSR count). The Bertz CT molecular complexity index is 624. The molecule has 4 nitrogen and oxygen atoms in total. The number of halogens is 1. The molecule has 0 radical (unpaired) electrons. The monoisotopic (exact) mass is 278 g/mol. The molecular weight excluding hydrogens is 259 g/mol. The van der Waals surface area contributed by atoms with Gasteiger partial charge in [-0.3, -0.25) is 9.18 Å². The molecule has 0 aliphatic carbocycles. The smallest absolute Gasteiger partial charge is 0.276 e. The number of aromatic nitrogens is 2. The van der Waals surface area contributed by atoms with E-state index in [9.17, 15) is 14.3 Å². The van der Waals surface area contributed by atoms with Crippen LogP contribution < -0.4 is 5.56 Å². The van der Waals surface area contributed by atoms with Gasteiger partial charge in [0.2, 0.25) is 0 Å². The van der Waals surface area contributed by atoms with Gasteiger partial charge in [-0.25, -0.2) is 0 Å². The minimum absolute atomic E-state index is 0.151. The quantitative estimate of drug-likeness (QED) is 0.938. The Balaban J connectivity index is 0.000000956. The maximum absolute atomic E-state index is 11.6. The summed E-state index contributed by atoms with van der Waals surface area (Å²) in [5, 5.41) is 9.43. The van der Waals surface area contributed by atoms with Crippen molar-refractivity contribution in [1.82, 2.24) is 9.55 Å². The number of aryl methyl sites for hydroxylation is 2. The molecule has 0 atom stereocenters. The summed E-state index contributed by atoms with van der Waals surface area (Å²) < 4.78 is 11.4. The van der Waals surface area contributed by atoms with Gasteiger partial charge in [0.05, 0.1) is 7.18 Å². The van der Waals surface area contributed by atoms with Crippen molar-refractivity contribution < 1.29 is 9.50 Å². The lowest BCUT2D eigenvalue weighted by atomic mass is 10.2. The summed E-state index contributed by atoms with van der Waals surface area (Å²) in [4.78, 5) is 15.6. The third-order valence-electron chi connectivity index (χ3n) is 2.91. The van der Waals surface area contributed by atoms with Gasteiger partial charge < -0.3 is 9.67 Å². The number of alkyl halides is 1. The van der Waals surface area contributed by atoms with Gasteiger partial charge in [0.15, 0.2) is 0 Å². The summed E-state index contributed by atoms with van der Waals surface area (Å²) in [6.45, 7) is 4.34. The standard InChI is InChI=1S/C14H16N2O2.CH3F/c1-3-12-9-16(10(2)15-14(12)18)8-11-5-4-6-13(17)7-11;1-2/h4-7,9,17H,3,8H2,1-2H3;1H3. The topological polar surface area (TPSA) is 55.1 Å². The van der Waals surface area contributed by atoms with E-state index < -0.39 is 0 Å². The lowest BCUT2D eigenvalue weighted by Crippen LogP contribution is -2.19. The van der Waals surface area contributed by atoms with Crippen molar-refractivity contribution in [1.29, 1.82) is 0 Å². The van der Waals surface area contributed by atoms with Crippen molar-refractivity contribution >= 4 is 0 Å². The molecule has 0 saturated heterocycles. The molecule has 0 bridgehead atoms. The van der Waals surface area contributed by atoms with E-state index in [2.05, 4.69) is 4.98 Å². The molecule has 5 heteroatoms. The van der Waals surface area contributed by atoms with E-state index >= 15 is 0 Å². The average Bonchev–Trinajstić information content (AvgIpc) is 2.44. The van der Waals surface area contributed by atoms with E-state index in [4.69, 9.17) is 0 Å². The van der Waals surface area contributed by atoms with Crippen molar-refractivity contribution in [2.75, 3.05) is 7.18 Å². The Morgan fingerprint density at radius 3 is 2.65 bits per heavy atom. The van der Waals surface area contributed by atoms with Crippen molar-refractivity contribution in [2.45, 2.75) is 26.8 Å². The number of nitrogens with zero attached hydrogens (tertiary/aromatic N) is 2. The zero-order chi connectivity index (χ0) is 15.1. The lowest BCUT2D eigenvalue weighted by Gasteiger charge is -2.11. The third-order valence-corrected chi connectivity index (χ3v) is 2.91. The highest BCUT2D eigenvalue weighted by atomic mass is 19.1. The Kier molecular flexibility index (Phi) is 5.90. The first-order chi connectivity index (χ1) is 9.60. The summed E-state index contributed by atoms with van der Waals surface area (Å²) >= 11 is 0. The fourth-order valence-corrected chi connectivity index (χ4v) is 1.87. The summed E-state index contributed by atoms with van der Waals surface area (Å²) in [6, 6.07) is 7.08. The van der Waals surface area contributed by atoms with Crippen LogP contribution in [-0.4, -0.2) is 21.8 Å². The first kappa shape index (κ1) is 15.9. The summed E-state index contributed by atoms with van der Waals surface area (Å²) in [5.41, 5.74) is 1.54. The Morgan fingerprint density at radius 1 is 1.35 bits per heavy atom. The van der Waals surface area contributed by atoms with E-state index in [1.807, 2.05) is 30.7 Å². The van der Waals surface area contributed by atoms with Crippen LogP contribution in [0.5, 0.6) is 5.75 Å². The predicted molar refractivity (Wildman–Crippen MR) is 76.9 cm³/mol. The van der Waals surface area contributed by atoms with Gasteiger partial charge in [-0.2, -0.15) is 4.98 Å². The van der Waals surface area contributed by atoms with Gasteiger partial charge in [0, 0.05) is 18.3 Å². The largest absolute Gasteiger partial charge is 0.508 e. The first-order valence-corrected chi connectivity index (χ1v) is 6.33. The Labute approximate surface area is 117 Å². The van der Waals surface area contributed by atoms with Crippen LogP contribution in [0.15, 0.2) is 35.3 Å². The number of rotatable bonds is 3. The van der Waals surface area contributed by atoms with E-state index in [1.165, 1.54) is 0 Å². The van der Waals surface area contributed by atoms with Gasteiger partial charge in [-0.05, 0) is 31.0 Å². The third kappa shape index (κ3) is 3.91. The first-order valence-electron chi connectivity index (χ1n) is 6.33. The molecular formula is C15H19FN2O2. The van der Waals surface area contributed by atoms with Gasteiger partial charge >= 0.3 is 0 Å². The van der Waals surface area contributed by atoms with E-state index in [-0.39, 0.29) is 11.3 Å². The van der Waals surface area contributed by atoms with Crippen LogP contribution in [0.25, 0.3) is 0 Å². The highest BCUT2D eigenvalue weighted by molar-refractivity contribution is 5.27. The minimum atomic E-state index is -0.151. The molecule has 2 aromatic rings. The second-order valence-corrected chi connectivity index (χ2v) is 4.27. The highest BCUT2D eigenvalue weighted by Gasteiger charge is 2.04. The van der Waals surface area contributed by atoms with Crippen LogP contribution in [-0.2, 0) is 13.0 Å². The second kappa shape index (κ2) is 7.43. The lowest BCUT2D eigenvalue weighted by molar-refractivity contribution is 0.474. The molecule has 0 aliphatic heterocycles. The molecule has 0 spiro atoms. The molecule has 0 saturated carbocycles. The molecule has 1 aromatic carbocycles. The summed E-state index contributed by atoms with van der Waals surface area (Å²) in [6.07, 6.45) is 2.51. The zero-order valence-corrected chi connectivity index (χ0v) is 11.9. The van der Waals surface area contributed by atoms with Gasteiger partial charge in [-0.1, -0.05) is 19.1 Å².